The van der Waals surface area contributed by atoms with E-state index in [9.17, 15) is 13.2 Å². The molecule has 3 aromatic carbocycles. The maximum absolute atomic E-state index is 13.3. The summed E-state index contributed by atoms with van der Waals surface area (Å²) in [7, 11) is -3.68. The first-order valence-electron chi connectivity index (χ1n) is 11.9. The molecule has 0 aromatic heterocycles. The number of amides is 1. The van der Waals surface area contributed by atoms with Gasteiger partial charge in [-0.1, -0.05) is 30.3 Å². The average Bonchev–Trinajstić information content (AvgIpc) is 2.84. The first-order chi connectivity index (χ1) is 16.7. The number of carbonyl (C=O) groups is 1. The van der Waals surface area contributed by atoms with Crippen molar-refractivity contribution in [2.45, 2.75) is 51.5 Å². The molecule has 35 heavy (non-hydrogen) atoms. The minimum atomic E-state index is -3.68. The van der Waals surface area contributed by atoms with Gasteiger partial charge in [0.25, 0.3) is 15.9 Å². The van der Waals surface area contributed by atoms with Gasteiger partial charge < -0.3 is 10.1 Å². The first-order valence-corrected chi connectivity index (χ1v) is 13.3. The van der Waals surface area contributed by atoms with E-state index in [1.807, 2.05) is 38.1 Å². The fraction of sp³-hybridized carbons (Fsp3) is 0.321. The van der Waals surface area contributed by atoms with Crippen LogP contribution in [0.5, 0.6) is 5.75 Å². The summed E-state index contributed by atoms with van der Waals surface area (Å²) < 4.78 is 33.7. The summed E-state index contributed by atoms with van der Waals surface area (Å²) in [6, 6.07) is 17.9. The number of aryl methyl sites for hydroxylation is 4. The van der Waals surface area contributed by atoms with Crippen LogP contribution in [0.15, 0.2) is 65.6 Å². The number of rotatable bonds is 7. The van der Waals surface area contributed by atoms with Crippen molar-refractivity contribution in [3.8, 4) is 5.75 Å². The quantitative estimate of drug-likeness (QED) is 0.503. The Morgan fingerprint density at radius 2 is 1.69 bits per heavy atom. The third-order valence-electron chi connectivity index (χ3n) is 6.58. The van der Waals surface area contributed by atoms with Crippen LogP contribution in [0.25, 0.3) is 0 Å². The molecule has 0 radical (unpaired) electrons. The number of hydrogen-bond donors (Lipinski definition) is 1. The molecule has 1 aliphatic rings. The Hall–Kier alpha value is -3.32. The van der Waals surface area contributed by atoms with E-state index in [1.54, 1.807) is 12.1 Å². The number of benzene rings is 3. The summed E-state index contributed by atoms with van der Waals surface area (Å²) in [6.07, 6.45) is 1.66. The second-order valence-electron chi connectivity index (χ2n) is 9.15. The molecule has 4 rings (SSSR count). The van der Waals surface area contributed by atoms with Gasteiger partial charge in [0, 0.05) is 6.54 Å². The fourth-order valence-electron chi connectivity index (χ4n) is 4.54. The molecule has 1 N–H and O–H groups in total. The van der Waals surface area contributed by atoms with Gasteiger partial charge in [-0.3, -0.25) is 9.10 Å². The molecular formula is C28H32N2O4S. The normalized spacial score (nSPS) is 14.2. The lowest BCUT2D eigenvalue weighted by Crippen LogP contribution is -2.35. The van der Waals surface area contributed by atoms with Gasteiger partial charge in [0.2, 0.25) is 0 Å². The largest absolute Gasteiger partial charge is 0.484 e. The van der Waals surface area contributed by atoms with E-state index in [1.165, 1.54) is 27.6 Å². The molecule has 3 aromatic rings. The molecule has 0 spiro atoms. The zero-order valence-electron chi connectivity index (χ0n) is 20.7. The molecule has 184 valence electrons. The van der Waals surface area contributed by atoms with Gasteiger partial charge in [0.15, 0.2) is 6.61 Å². The molecular weight excluding hydrogens is 460 g/mol. The van der Waals surface area contributed by atoms with Crippen molar-refractivity contribution in [2.75, 3.05) is 17.5 Å². The highest BCUT2D eigenvalue weighted by atomic mass is 32.2. The average molecular weight is 493 g/mol. The van der Waals surface area contributed by atoms with Crippen molar-refractivity contribution in [1.82, 2.24) is 5.32 Å². The standard InChI is InChI=1S/C28H32N2O4S/c1-19-16-21(3)26(17-20(19)2)22(4)29-28(31)18-34-24-11-13-25(14-12-24)35(32,33)30-15-7-9-23-8-5-6-10-27(23)30/h5-6,8,10-14,16-17,22H,7,9,15,18H2,1-4H3,(H,29,31)/t22-/m0/s1. The van der Waals surface area contributed by atoms with Crippen molar-refractivity contribution >= 4 is 21.6 Å². The Labute approximate surface area is 208 Å². The molecule has 7 heteroatoms. The predicted octanol–water partition coefficient (Wildman–Crippen LogP) is 5.01. The Kier molecular flexibility index (Phi) is 7.17. The third-order valence-corrected chi connectivity index (χ3v) is 8.40. The molecule has 0 unspecified atom stereocenters. The van der Waals surface area contributed by atoms with Crippen LogP contribution in [-0.2, 0) is 21.2 Å². The van der Waals surface area contributed by atoms with Gasteiger partial charge in [0.05, 0.1) is 16.6 Å². The van der Waals surface area contributed by atoms with E-state index in [0.29, 0.717) is 12.3 Å². The Balaban J connectivity index is 1.38. The zero-order valence-corrected chi connectivity index (χ0v) is 21.5. The Morgan fingerprint density at radius 1 is 1.00 bits per heavy atom. The van der Waals surface area contributed by atoms with Gasteiger partial charge in [-0.2, -0.15) is 0 Å². The number of nitrogens with zero attached hydrogens (tertiary/aromatic N) is 1. The smallest absolute Gasteiger partial charge is 0.264 e. The van der Waals surface area contributed by atoms with Gasteiger partial charge in [-0.15, -0.1) is 0 Å². The molecule has 1 amide bonds. The number of sulfonamides is 1. The number of para-hydroxylation sites is 1. The molecule has 0 fully saturated rings. The monoisotopic (exact) mass is 492 g/mol. The van der Waals surface area contributed by atoms with Crippen LogP contribution in [0.1, 0.15) is 47.2 Å². The SMILES string of the molecule is Cc1cc(C)c([C@H](C)NC(=O)COc2ccc(S(=O)(=O)N3CCCc4ccccc43)cc2)cc1C. The third kappa shape index (κ3) is 5.35. The second-order valence-corrected chi connectivity index (χ2v) is 11.0. The zero-order chi connectivity index (χ0) is 25.2. The van der Waals surface area contributed by atoms with Crippen molar-refractivity contribution in [2.24, 2.45) is 0 Å². The second kappa shape index (κ2) is 10.1. The van der Waals surface area contributed by atoms with Crippen molar-refractivity contribution in [3.63, 3.8) is 0 Å². The Morgan fingerprint density at radius 3 is 2.43 bits per heavy atom. The summed E-state index contributed by atoms with van der Waals surface area (Å²) >= 11 is 0. The lowest BCUT2D eigenvalue weighted by atomic mass is 9.96. The van der Waals surface area contributed by atoms with Crippen LogP contribution in [0.3, 0.4) is 0 Å². The number of ether oxygens (including phenoxy) is 1. The first kappa shape index (κ1) is 24.8. The number of hydrogen-bond acceptors (Lipinski definition) is 4. The molecule has 1 heterocycles. The van der Waals surface area contributed by atoms with E-state index in [2.05, 4.69) is 31.3 Å². The van der Waals surface area contributed by atoms with Gasteiger partial charge in [-0.05, 0) is 98.7 Å². The highest BCUT2D eigenvalue weighted by Gasteiger charge is 2.28. The lowest BCUT2D eigenvalue weighted by molar-refractivity contribution is -0.123. The van der Waals surface area contributed by atoms with E-state index in [-0.39, 0.29) is 23.5 Å². The summed E-state index contributed by atoms with van der Waals surface area (Å²) in [5.74, 6) is 0.199. The number of nitrogens with one attached hydrogen (secondary N) is 1. The maximum Gasteiger partial charge on any atom is 0.264 e. The van der Waals surface area contributed by atoms with Gasteiger partial charge >= 0.3 is 0 Å². The summed E-state index contributed by atoms with van der Waals surface area (Å²) in [4.78, 5) is 12.7. The van der Waals surface area contributed by atoms with Crippen LogP contribution in [0.2, 0.25) is 0 Å². The topological polar surface area (TPSA) is 75.7 Å². The summed E-state index contributed by atoms with van der Waals surface area (Å²) in [5, 5.41) is 2.98. The minimum absolute atomic E-state index is 0.148. The molecule has 6 nitrogen and oxygen atoms in total. The molecule has 1 atom stereocenters. The fourth-order valence-corrected chi connectivity index (χ4v) is 6.08. The van der Waals surface area contributed by atoms with Crippen LogP contribution in [0, 0.1) is 20.8 Å². The van der Waals surface area contributed by atoms with Crippen molar-refractivity contribution < 1.29 is 17.9 Å². The highest BCUT2D eigenvalue weighted by Crippen LogP contribution is 2.32. The molecule has 0 saturated carbocycles. The minimum Gasteiger partial charge on any atom is -0.484 e. The van der Waals surface area contributed by atoms with E-state index < -0.39 is 10.0 Å². The van der Waals surface area contributed by atoms with Crippen LogP contribution in [-0.4, -0.2) is 27.5 Å². The lowest BCUT2D eigenvalue weighted by Gasteiger charge is -2.30. The van der Waals surface area contributed by atoms with E-state index in [0.717, 1.165) is 35.2 Å². The number of fused-ring (bicyclic) bond motifs is 1. The van der Waals surface area contributed by atoms with Crippen LogP contribution in [0.4, 0.5) is 5.69 Å². The molecule has 0 bridgehead atoms. The van der Waals surface area contributed by atoms with E-state index in [4.69, 9.17) is 4.74 Å². The summed E-state index contributed by atoms with van der Waals surface area (Å²) in [5.41, 5.74) is 6.40. The molecule has 1 aliphatic heterocycles. The van der Waals surface area contributed by atoms with Crippen molar-refractivity contribution in [3.05, 3.63) is 88.5 Å². The predicted molar refractivity (Wildman–Crippen MR) is 138 cm³/mol. The number of anilines is 1. The van der Waals surface area contributed by atoms with Crippen LogP contribution >= 0.6 is 0 Å². The molecule has 0 aliphatic carbocycles. The van der Waals surface area contributed by atoms with Gasteiger partial charge in [-0.25, -0.2) is 8.42 Å². The summed E-state index contributed by atoms with van der Waals surface area (Å²) in [6.45, 7) is 8.43. The Bertz CT molecular complexity index is 1330. The van der Waals surface area contributed by atoms with E-state index >= 15 is 0 Å². The van der Waals surface area contributed by atoms with Gasteiger partial charge in [0.1, 0.15) is 5.75 Å². The molecule has 0 saturated heterocycles. The van der Waals surface area contributed by atoms with Crippen molar-refractivity contribution in [1.29, 1.82) is 0 Å². The number of carbonyl (C=O) groups excluding carboxylic acids is 1. The maximum atomic E-state index is 13.3. The van der Waals surface area contributed by atoms with Crippen LogP contribution < -0.4 is 14.4 Å². The highest BCUT2D eigenvalue weighted by molar-refractivity contribution is 7.92.